The molecule has 0 aromatic heterocycles. The van der Waals surface area contributed by atoms with Gasteiger partial charge in [0.15, 0.2) is 0 Å². The van der Waals surface area contributed by atoms with Gasteiger partial charge in [0.25, 0.3) is 0 Å². The van der Waals surface area contributed by atoms with Crippen LogP contribution in [0.2, 0.25) is 0 Å². The first-order valence-corrected chi connectivity index (χ1v) is 6.86. The number of piperazine rings is 1. The molecule has 2 fully saturated rings. The lowest BCUT2D eigenvalue weighted by Crippen LogP contribution is -2.59. The summed E-state index contributed by atoms with van der Waals surface area (Å²) in [4.78, 5) is 5.32. The number of rotatable bonds is 4. The van der Waals surface area contributed by atoms with Crippen LogP contribution < -0.4 is 5.32 Å². The number of hydrogen-bond acceptors (Lipinski definition) is 3. The Morgan fingerprint density at radius 1 is 1.47 bits per heavy atom. The van der Waals surface area contributed by atoms with E-state index in [-0.39, 0.29) is 0 Å². The molecular formula is C14H25N3. The highest BCUT2D eigenvalue weighted by atomic mass is 15.3. The van der Waals surface area contributed by atoms with Gasteiger partial charge < -0.3 is 5.32 Å². The summed E-state index contributed by atoms with van der Waals surface area (Å²) in [6, 6.07) is 2.06. The lowest BCUT2D eigenvalue weighted by Gasteiger charge is -2.45. The molecule has 0 aromatic rings. The molecular weight excluding hydrogens is 210 g/mol. The molecule has 3 heteroatoms. The van der Waals surface area contributed by atoms with E-state index in [1.807, 2.05) is 0 Å². The van der Waals surface area contributed by atoms with Crippen molar-refractivity contribution in [1.82, 2.24) is 15.1 Å². The van der Waals surface area contributed by atoms with Crippen LogP contribution in [0.15, 0.2) is 0 Å². The normalized spacial score (nSPS) is 32.1. The van der Waals surface area contributed by atoms with Gasteiger partial charge in [-0.1, -0.05) is 5.92 Å². The third-order valence-electron chi connectivity index (χ3n) is 4.22. The molecule has 2 saturated heterocycles. The maximum absolute atomic E-state index is 5.26. The third kappa shape index (κ3) is 3.01. The fraction of sp³-hybridized carbons (Fsp3) is 0.857. The SMILES string of the molecule is C#CCNCC(C)N1CC2CCCN2CC1C. The molecule has 0 spiro atoms. The molecule has 0 aromatic carbocycles. The lowest BCUT2D eigenvalue weighted by atomic mass is 10.1. The van der Waals surface area contributed by atoms with Gasteiger partial charge in [-0.15, -0.1) is 6.42 Å². The molecule has 0 bridgehead atoms. The van der Waals surface area contributed by atoms with Gasteiger partial charge in [-0.05, 0) is 33.2 Å². The van der Waals surface area contributed by atoms with Gasteiger partial charge in [0, 0.05) is 37.8 Å². The molecule has 96 valence electrons. The summed E-state index contributed by atoms with van der Waals surface area (Å²) in [5, 5.41) is 3.32. The number of fused-ring (bicyclic) bond motifs is 1. The lowest BCUT2D eigenvalue weighted by molar-refractivity contribution is 0.0335. The monoisotopic (exact) mass is 235 g/mol. The highest BCUT2D eigenvalue weighted by Gasteiger charge is 2.35. The highest BCUT2D eigenvalue weighted by Crippen LogP contribution is 2.25. The standard InChI is InChI=1S/C14H25N3/c1-4-7-15-9-12(2)17-11-14-6-5-8-16(14)10-13(17)3/h1,12-15H,5-11H2,2-3H3. The largest absolute Gasteiger partial charge is 0.305 e. The van der Waals surface area contributed by atoms with Gasteiger partial charge in [0.1, 0.15) is 0 Å². The molecule has 1 N–H and O–H groups in total. The minimum Gasteiger partial charge on any atom is -0.305 e. The maximum Gasteiger partial charge on any atom is 0.0574 e. The van der Waals surface area contributed by atoms with Crippen LogP contribution in [0.1, 0.15) is 26.7 Å². The van der Waals surface area contributed by atoms with Crippen LogP contribution >= 0.6 is 0 Å². The molecule has 0 aliphatic carbocycles. The Bertz CT molecular complexity index is 284. The Balaban J connectivity index is 1.85. The first kappa shape index (κ1) is 12.9. The van der Waals surface area contributed by atoms with Crippen LogP contribution in [-0.2, 0) is 0 Å². The first-order valence-electron chi connectivity index (χ1n) is 6.86. The molecule has 2 aliphatic rings. The van der Waals surface area contributed by atoms with Gasteiger partial charge >= 0.3 is 0 Å². The van der Waals surface area contributed by atoms with Crippen molar-refractivity contribution < 1.29 is 0 Å². The Morgan fingerprint density at radius 2 is 2.29 bits per heavy atom. The predicted molar refractivity (Wildman–Crippen MR) is 71.9 cm³/mol. The van der Waals surface area contributed by atoms with Crippen molar-refractivity contribution in [3.05, 3.63) is 0 Å². The second-order valence-electron chi connectivity index (χ2n) is 5.52. The van der Waals surface area contributed by atoms with Crippen LogP contribution in [0.25, 0.3) is 0 Å². The van der Waals surface area contributed by atoms with Crippen LogP contribution in [0.4, 0.5) is 0 Å². The van der Waals surface area contributed by atoms with E-state index in [9.17, 15) is 0 Å². The van der Waals surface area contributed by atoms with Crippen LogP contribution in [0.3, 0.4) is 0 Å². The van der Waals surface area contributed by atoms with Gasteiger partial charge in [0.05, 0.1) is 6.54 Å². The van der Waals surface area contributed by atoms with E-state index < -0.39 is 0 Å². The fourth-order valence-electron chi connectivity index (χ4n) is 3.29. The second-order valence-corrected chi connectivity index (χ2v) is 5.52. The van der Waals surface area contributed by atoms with Crippen LogP contribution in [-0.4, -0.2) is 60.6 Å². The van der Waals surface area contributed by atoms with Gasteiger partial charge in [-0.2, -0.15) is 0 Å². The predicted octanol–water partition coefficient (Wildman–Crippen LogP) is 0.766. The van der Waals surface area contributed by atoms with Crippen LogP contribution in [0, 0.1) is 12.3 Å². The average molecular weight is 235 g/mol. The molecule has 17 heavy (non-hydrogen) atoms. The van der Waals surface area contributed by atoms with Crippen molar-refractivity contribution in [2.75, 3.05) is 32.7 Å². The van der Waals surface area contributed by atoms with E-state index in [1.54, 1.807) is 0 Å². The Morgan fingerprint density at radius 3 is 3.06 bits per heavy atom. The third-order valence-corrected chi connectivity index (χ3v) is 4.22. The fourth-order valence-corrected chi connectivity index (χ4v) is 3.29. The first-order chi connectivity index (χ1) is 8.22. The zero-order valence-electron chi connectivity index (χ0n) is 11.2. The van der Waals surface area contributed by atoms with Crippen molar-refractivity contribution in [2.24, 2.45) is 0 Å². The molecule has 3 unspecified atom stereocenters. The van der Waals surface area contributed by atoms with Crippen molar-refractivity contribution in [3.8, 4) is 12.3 Å². The summed E-state index contributed by atoms with van der Waals surface area (Å²) in [5.41, 5.74) is 0. The Kier molecular flexibility index (Phi) is 4.44. The molecule has 0 saturated carbocycles. The number of terminal acetylenes is 1. The quantitative estimate of drug-likeness (QED) is 0.573. The Hall–Kier alpha value is -0.560. The summed E-state index contributed by atoms with van der Waals surface area (Å²) in [7, 11) is 0. The number of nitrogens with zero attached hydrogens (tertiary/aromatic N) is 2. The van der Waals surface area contributed by atoms with Crippen molar-refractivity contribution in [1.29, 1.82) is 0 Å². The second kappa shape index (κ2) is 5.86. The minimum absolute atomic E-state index is 0.584. The number of hydrogen-bond donors (Lipinski definition) is 1. The average Bonchev–Trinajstić information content (AvgIpc) is 2.75. The molecule has 2 aliphatic heterocycles. The van der Waals surface area contributed by atoms with E-state index in [4.69, 9.17) is 6.42 Å². The molecule has 2 rings (SSSR count). The van der Waals surface area contributed by atoms with E-state index in [0.717, 1.165) is 12.6 Å². The highest BCUT2D eigenvalue weighted by molar-refractivity contribution is 4.93. The molecule has 0 amide bonds. The topological polar surface area (TPSA) is 18.5 Å². The van der Waals surface area contributed by atoms with Crippen molar-refractivity contribution in [2.45, 2.75) is 44.8 Å². The summed E-state index contributed by atoms with van der Waals surface area (Å²) in [6.07, 6.45) is 8.02. The summed E-state index contributed by atoms with van der Waals surface area (Å²) < 4.78 is 0. The van der Waals surface area contributed by atoms with E-state index in [2.05, 4.69) is 34.9 Å². The summed E-state index contributed by atoms with van der Waals surface area (Å²) in [6.45, 7) is 10.1. The zero-order valence-corrected chi connectivity index (χ0v) is 11.2. The van der Waals surface area contributed by atoms with Gasteiger partial charge in [-0.25, -0.2) is 0 Å². The van der Waals surface area contributed by atoms with Crippen molar-refractivity contribution in [3.63, 3.8) is 0 Å². The maximum atomic E-state index is 5.26. The van der Waals surface area contributed by atoms with Crippen molar-refractivity contribution >= 4 is 0 Å². The van der Waals surface area contributed by atoms with E-state index in [0.29, 0.717) is 18.6 Å². The molecule has 0 radical (unpaired) electrons. The van der Waals surface area contributed by atoms with E-state index in [1.165, 1.54) is 32.5 Å². The molecule has 3 atom stereocenters. The summed E-state index contributed by atoms with van der Waals surface area (Å²) in [5.74, 6) is 2.64. The molecule has 2 heterocycles. The molecule has 3 nitrogen and oxygen atoms in total. The van der Waals surface area contributed by atoms with E-state index >= 15 is 0 Å². The minimum atomic E-state index is 0.584. The summed E-state index contributed by atoms with van der Waals surface area (Å²) >= 11 is 0. The Labute approximate surface area is 106 Å². The smallest absolute Gasteiger partial charge is 0.0574 e. The van der Waals surface area contributed by atoms with Gasteiger partial charge in [-0.3, -0.25) is 9.80 Å². The van der Waals surface area contributed by atoms with Gasteiger partial charge in [0.2, 0.25) is 0 Å². The zero-order chi connectivity index (χ0) is 12.3. The van der Waals surface area contributed by atoms with Crippen LogP contribution in [0.5, 0.6) is 0 Å². The number of nitrogens with one attached hydrogen (secondary N) is 1.